The van der Waals surface area contributed by atoms with Crippen molar-refractivity contribution in [1.82, 2.24) is 18.7 Å². The second-order valence-corrected chi connectivity index (χ2v) is 6.85. The Balaban J connectivity index is 1.93. The standard InChI is InChI=1S/C19H23N5O4/c1-12-5-6-14(28-4)13(11-12)22-7-8-23-15-16(20-18(22)23)21(2)19(26)24(17(15)25)9-10-27-3/h5-6,11H,7-10H2,1-4H3. The Bertz CT molecular complexity index is 1170. The third-order valence-electron chi connectivity index (χ3n) is 5.15. The number of methoxy groups -OCH3 is 2. The minimum Gasteiger partial charge on any atom is -0.495 e. The van der Waals surface area contributed by atoms with E-state index >= 15 is 0 Å². The molecule has 0 aliphatic carbocycles. The molecule has 0 unspecified atom stereocenters. The number of hydrogen-bond donors (Lipinski definition) is 0. The van der Waals surface area contributed by atoms with Gasteiger partial charge in [-0.1, -0.05) is 6.07 Å². The van der Waals surface area contributed by atoms with Gasteiger partial charge >= 0.3 is 5.69 Å². The molecule has 28 heavy (non-hydrogen) atoms. The van der Waals surface area contributed by atoms with Gasteiger partial charge in [-0.15, -0.1) is 0 Å². The predicted octanol–water partition coefficient (Wildman–Crippen LogP) is 1.01. The second kappa shape index (κ2) is 6.83. The Morgan fingerprint density at radius 3 is 2.68 bits per heavy atom. The van der Waals surface area contributed by atoms with Crippen LogP contribution in [0.4, 0.5) is 11.6 Å². The van der Waals surface area contributed by atoms with E-state index < -0.39 is 5.69 Å². The zero-order chi connectivity index (χ0) is 20.0. The number of aromatic nitrogens is 4. The summed E-state index contributed by atoms with van der Waals surface area (Å²) in [4.78, 5) is 32.3. The molecule has 0 atom stereocenters. The van der Waals surface area contributed by atoms with Crippen LogP contribution in [0, 0.1) is 6.92 Å². The van der Waals surface area contributed by atoms with Crippen molar-refractivity contribution in [3.05, 3.63) is 44.6 Å². The van der Waals surface area contributed by atoms with E-state index in [1.165, 1.54) is 16.2 Å². The van der Waals surface area contributed by atoms with Crippen molar-refractivity contribution in [3.63, 3.8) is 0 Å². The zero-order valence-electron chi connectivity index (χ0n) is 16.4. The molecule has 0 saturated carbocycles. The van der Waals surface area contributed by atoms with Gasteiger partial charge in [0.2, 0.25) is 5.95 Å². The van der Waals surface area contributed by atoms with E-state index in [0.717, 1.165) is 17.0 Å². The molecule has 1 aromatic carbocycles. The first-order valence-electron chi connectivity index (χ1n) is 9.09. The number of fused-ring (bicyclic) bond motifs is 3. The number of rotatable bonds is 5. The highest BCUT2D eigenvalue weighted by atomic mass is 16.5. The highest BCUT2D eigenvalue weighted by Gasteiger charge is 2.30. The molecule has 3 heterocycles. The lowest BCUT2D eigenvalue weighted by molar-refractivity contribution is 0.184. The number of ether oxygens (including phenoxy) is 2. The topological polar surface area (TPSA) is 83.5 Å². The molecule has 148 valence electrons. The molecule has 0 fully saturated rings. The van der Waals surface area contributed by atoms with Gasteiger partial charge in [-0.05, 0) is 24.6 Å². The molecule has 2 aromatic heterocycles. The molecule has 0 saturated heterocycles. The maximum Gasteiger partial charge on any atom is 0.332 e. The predicted molar refractivity (Wildman–Crippen MR) is 106 cm³/mol. The van der Waals surface area contributed by atoms with Crippen molar-refractivity contribution in [3.8, 4) is 5.75 Å². The van der Waals surface area contributed by atoms with E-state index in [1.807, 2.05) is 34.6 Å². The second-order valence-electron chi connectivity index (χ2n) is 6.85. The van der Waals surface area contributed by atoms with Gasteiger partial charge in [0.05, 0.1) is 25.9 Å². The smallest absolute Gasteiger partial charge is 0.332 e. The van der Waals surface area contributed by atoms with Crippen molar-refractivity contribution >= 4 is 22.8 Å². The van der Waals surface area contributed by atoms with Crippen LogP contribution < -0.4 is 20.9 Å². The molecule has 3 aromatic rings. The Kier molecular flexibility index (Phi) is 4.46. The lowest BCUT2D eigenvalue weighted by Gasteiger charge is -2.19. The summed E-state index contributed by atoms with van der Waals surface area (Å²) in [6, 6.07) is 5.94. The zero-order valence-corrected chi connectivity index (χ0v) is 16.4. The molecular formula is C19H23N5O4. The van der Waals surface area contributed by atoms with E-state index in [1.54, 1.807) is 14.2 Å². The van der Waals surface area contributed by atoms with Crippen LogP contribution >= 0.6 is 0 Å². The quantitative estimate of drug-likeness (QED) is 0.652. The molecule has 0 radical (unpaired) electrons. The fourth-order valence-electron chi connectivity index (χ4n) is 3.70. The maximum atomic E-state index is 13.0. The maximum absolute atomic E-state index is 13.0. The molecule has 0 N–H and O–H groups in total. The molecule has 9 heteroatoms. The summed E-state index contributed by atoms with van der Waals surface area (Å²) in [5, 5.41) is 0. The van der Waals surface area contributed by atoms with E-state index in [4.69, 9.17) is 9.47 Å². The summed E-state index contributed by atoms with van der Waals surface area (Å²) in [6.07, 6.45) is 0. The molecule has 9 nitrogen and oxygen atoms in total. The van der Waals surface area contributed by atoms with Gasteiger partial charge in [-0.2, -0.15) is 4.98 Å². The number of nitrogens with zero attached hydrogens (tertiary/aromatic N) is 5. The number of hydrogen-bond acceptors (Lipinski definition) is 6. The lowest BCUT2D eigenvalue weighted by atomic mass is 10.2. The highest BCUT2D eigenvalue weighted by molar-refractivity contribution is 5.79. The van der Waals surface area contributed by atoms with E-state index in [9.17, 15) is 9.59 Å². The van der Waals surface area contributed by atoms with Gasteiger partial charge in [-0.3, -0.25) is 13.9 Å². The van der Waals surface area contributed by atoms with Gasteiger partial charge in [0.25, 0.3) is 5.56 Å². The number of benzene rings is 1. The van der Waals surface area contributed by atoms with E-state index in [-0.39, 0.29) is 18.7 Å². The molecule has 0 amide bonds. The van der Waals surface area contributed by atoms with Gasteiger partial charge < -0.3 is 18.9 Å². The minimum atomic E-state index is -0.397. The van der Waals surface area contributed by atoms with Crippen molar-refractivity contribution in [2.45, 2.75) is 20.0 Å². The Hall–Kier alpha value is -3.07. The van der Waals surface area contributed by atoms with Gasteiger partial charge in [-0.25, -0.2) is 4.79 Å². The average Bonchev–Trinajstić information content (AvgIpc) is 3.25. The third kappa shape index (κ3) is 2.62. The summed E-state index contributed by atoms with van der Waals surface area (Å²) in [6.45, 7) is 3.77. The Morgan fingerprint density at radius 2 is 1.96 bits per heavy atom. The van der Waals surface area contributed by atoms with Crippen molar-refractivity contribution in [2.24, 2.45) is 7.05 Å². The fraction of sp³-hybridized carbons (Fsp3) is 0.421. The third-order valence-corrected chi connectivity index (χ3v) is 5.15. The van der Waals surface area contributed by atoms with Crippen LogP contribution in [0.1, 0.15) is 5.56 Å². The summed E-state index contributed by atoms with van der Waals surface area (Å²) in [5.74, 6) is 1.37. The van der Waals surface area contributed by atoms with Crippen LogP contribution in [0.3, 0.4) is 0 Å². The molecule has 0 spiro atoms. The van der Waals surface area contributed by atoms with E-state index in [0.29, 0.717) is 30.2 Å². The summed E-state index contributed by atoms with van der Waals surface area (Å²) in [7, 11) is 4.80. The van der Waals surface area contributed by atoms with Crippen molar-refractivity contribution in [2.75, 3.05) is 32.3 Å². The number of imidazole rings is 1. The van der Waals surface area contributed by atoms with Crippen LogP contribution in [-0.4, -0.2) is 46.1 Å². The lowest BCUT2D eigenvalue weighted by Crippen LogP contribution is -2.40. The van der Waals surface area contributed by atoms with Crippen LogP contribution in [0.15, 0.2) is 27.8 Å². The van der Waals surface area contributed by atoms with Crippen LogP contribution in [0.5, 0.6) is 5.75 Å². The van der Waals surface area contributed by atoms with Gasteiger partial charge in [0.1, 0.15) is 5.75 Å². The first kappa shape index (κ1) is 18.3. The summed E-state index contributed by atoms with van der Waals surface area (Å²) in [5.41, 5.74) is 2.07. The monoisotopic (exact) mass is 385 g/mol. The average molecular weight is 385 g/mol. The SMILES string of the molecule is COCCn1c(=O)c2c(nc3n2CCN3c2cc(C)ccc2OC)n(C)c1=O. The van der Waals surface area contributed by atoms with Gasteiger partial charge in [0, 0.05) is 27.2 Å². The number of aryl methyl sites for hydroxylation is 2. The van der Waals surface area contributed by atoms with Crippen LogP contribution in [0.25, 0.3) is 11.2 Å². The molecule has 0 bridgehead atoms. The van der Waals surface area contributed by atoms with E-state index in [2.05, 4.69) is 4.98 Å². The molecule has 4 rings (SSSR count). The normalized spacial score (nSPS) is 13.4. The van der Waals surface area contributed by atoms with Crippen LogP contribution in [0.2, 0.25) is 0 Å². The van der Waals surface area contributed by atoms with Gasteiger partial charge in [0.15, 0.2) is 11.2 Å². The highest BCUT2D eigenvalue weighted by Crippen LogP contribution is 2.37. The van der Waals surface area contributed by atoms with Crippen molar-refractivity contribution < 1.29 is 9.47 Å². The Labute approximate surface area is 161 Å². The Morgan fingerprint density at radius 1 is 1.18 bits per heavy atom. The fourth-order valence-corrected chi connectivity index (χ4v) is 3.70. The largest absolute Gasteiger partial charge is 0.495 e. The first-order valence-corrected chi connectivity index (χ1v) is 9.09. The molecular weight excluding hydrogens is 362 g/mol. The number of anilines is 2. The minimum absolute atomic E-state index is 0.202. The molecule has 1 aliphatic heterocycles. The van der Waals surface area contributed by atoms with Crippen molar-refractivity contribution in [1.29, 1.82) is 0 Å². The molecule has 1 aliphatic rings. The summed E-state index contributed by atoms with van der Waals surface area (Å²) >= 11 is 0. The summed E-state index contributed by atoms with van der Waals surface area (Å²) < 4.78 is 15.1. The van der Waals surface area contributed by atoms with Crippen LogP contribution in [-0.2, 0) is 24.9 Å². The first-order chi connectivity index (χ1) is 13.5.